The van der Waals surface area contributed by atoms with Crippen LogP contribution in [0.1, 0.15) is 12.0 Å². The minimum absolute atomic E-state index is 0.0951. The number of carbonyl (C=O) groups excluding carboxylic acids is 1. The minimum Gasteiger partial charge on any atom is -0.375 e. The van der Waals surface area contributed by atoms with Crippen molar-refractivity contribution < 1.29 is 20.1 Å². The number of benzene rings is 1. The number of allylic oxidation sites excluding steroid dienone is 1. The van der Waals surface area contributed by atoms with Gasteiger partial charge in [-0.05, 0) is 11.6 Å². The molecule has 4 nitrogen and oxygen atoms in total. The van der Waals surface area contributed by atoms with Gasteiger partial charge in [-0.25, -0.2) is 0 Å². The lowest BCUT2D eigenvalue weighted by atomic mass is 9.78. The SMILES string of the molecule is O=C1CC=CC(O)(c2ccccc2)C1(O)O. The maximum Gasteiger partial charge on any atom is 0.262 e. The topological polar surface area (TPSA) is 77.8 Å². The molecule has 1 aromatic carbocycles. The first kappa shape index (κ1) is 11.0. The fraction of sp³-hybridized carbons (Fsp3) is 0.250. The van der Waals surface area contributed by atoms with Gasteiger partial charge < -0.3 is 15.3 Å². The van der Waals surface area contributed by atoms with Crippen molar-refractivity contribution in [2.24, 2.45) is 0 Å². The Morgan fingerprint density at radius 3 is 2.31 bits per heavy atom. The third-order valence-electron chi connectivity index (χ3n) is 2.80. The minimum atomic E-state index is -2.77. The molecule has 3 N–H and O–H groups in total. The maximum absolute atomic E-state index is 11.4. The Kier molecular flexibility index (Phi) is 2.42. The van der Waals surface area contributed by atoms with Crippen molar-refractivity contribution in [3.05, 3.63) is 48.0 Å². The van der Waals surface area contributed by atoms with Gasteiger partial charge in [0.05, 0.1) is 0 Å². The molecule has 0 amide bonds. The molecule has 0 bridgehead atoms. The number of Topliss-reactive ketones (excluding diaryl/α,β-unsaturated/α-hetero) is 1. The van der Waals surface area contributed by atoms with E-state index in [0.717, 1.165) is 0 Å². The number of aliphatic hydroxyl groups is 3. The number of ketones is 1. The Bertz CT molecular complexity index is 436. The molecule has 4 heteroatoms. The van der Waals surface area contributed by atoms with Gasteiger partial charge in [0.25, 0.3) is 5.79 Å². The lowest BCUT2D eigenvalue weighted by molar-refractivity contribution is -0.249. The third-order valence-corrected chi connectivity index (χ3v) is 2.80. The van der Waals surface area contributed by atoms with Crippen molar-refractivity contribution in [3.8, 4) is 0 Å². The number of hydrogen-bond acceptors (Lipinski definition) is 4. The van der Waals surface area contributed by atoms with E-state index in [1.807, 2.05) is 0 Å². The molecule has 16 heavy (non-hydrogen) atoms. The highest BCUT2D eigenvalue weighted by Crippen LogP contribution is 2.37. The van der Waals surface area contributed by atoms with Gasteiger partial charge in [-0.1, -0.05) is 36.4 Å². The summed E-state index contributed by atoms with van der Waals surface area (Å²) >= 11 is 0. The van der Waals surface area contributed by atoms with Crippen molar-refractivity contribution in [2.75, 3.05) is 0 Å². The number of carbonyl (C=O) groups is 1. The Morgan fingerprint density at radius 2 is 1.69 bits per heavy atom. The summed E-state index contributed by atoms with van der Waals surface area (Å²) in [5.41, 5.74) is -1.81. The smallest absolute Gasteiger partial charge is 0.262 e. The van der Waals surface area contributed by atoms with Crippen LogP contribution >= 0.6 is 0 Å². The average Bonchev–Trinajstić information content (AvgIpc) is 2.28. The van der Waals surface area contributed by atoms with Crippen molar-refractivity contribution in [2.45, 2.75) is 17.8 Å². The molecule has 1 aliphatic carbocycles. The molecule has 0 fully saturated rings. The van der Waals surface area contributed by atoms with E-state index in [1.54, 1.807) is 18.2 Å². The van der Waals surface area contributed by atoms with Gasteiger partial charge in [0.1, 0.15) is 0 Å². The van der Waals surface area contributed by atoms with Crippen LogP contribution < -0.4 is 0 Å². The van der Waals surface area contributed by atoms with Gasteiger partial charge in [-0.2, -0.15) is 0 Å². The normalized spacial score (nSPS) is 28.1. The summed E-state index contributed by atoms with van der Waals surface area (Å²) in [7, 11) is 0. The second-order valence-electron chi connectivity index (χ2n) is 3.83. The molecular formula is C12H12O4. The number of rotatable bonds is 1. The van der Waals surface area contributed by atoms with E-state index in [9.17, 15) is 20.1 Å². The standard InChI is InChI=1S/C12H12O4/c13-10-7-4-8-11(14,12(10,15)16)9-5-2-1-3-6-9/h1-6,8,14-16H,7H2. The molecule has 2 rings (SSSR count). The van der Waals surface area contributed by atoms with Crippen LogP contribution in [-0.4, -0.2) is 26.9 Å². The van der Waals surface area contributed by atoms with E-state index in [2.05, 4.69) is 0 Å². The molecule has 1 unspecified atom stereocenters. The second kappa shape index (κ2) is 3.52. The highest BCUT2D eigenvalue weighted by molar-refractivity contribution is 5.89. The quantitative estimate of drug-likeness (QED) is 0.463. The zero-order valence-corrected chi connectivity index (χ0v) is 8.50. The highest BCUT2D eigenvalue weighted by Gasteiger charge is 2.54. The Morgan fingerprint density at radius 1 is 1.06 bits per heavy atom. The largest absolute Gasteiger partial charge is 0.375 e. The van der Waals surface area contributed by atoms with Crippen LogP contribution in [0.15, 0.2) is 42.5 Å². The van der Waals surface area contributed by atoms with Crippen molar-refractivity contribution in [1.82, 2.24) is 0 Å². The van der Waals surface area contributed by atoms with E-state index >= 15 is 0 Å². The van der Waals surface area contributed by atoms with E-state index in [4.69, 9.17) is 0 Å². The first-order valence-corrected chi connectivity index (χ1v) is 4.92. The van der Waals surface area contributed by atoms with Crippen LogP contribution in [0.3, 0.4) is 0 Å². The first-order chi connectivity index (χ1) is 7.48. The summed E-state index contributed by atoms with van der Waals surface area (Å²) in [6.45, 7) is 0. The fourth-order valence-electron chi connectivity index (χ4n) is 1.80. The maximum atomic E-state index is 11.4. The highest BCUT2D eigenvalue weighted by atomic mass is 16.5. The third kappa shape index (κ3) is 1.39. The molecule has 0 aliphatic heterocycles. The molecule has 0 saturated heterocycles. The average molecular weight is 220 g/mol. The van der Waals surface area contributed by atoms with Gasteiger partial charge in [-0.15, -0.1) is 0 Å². The van der Waals surface area contributed by atoms with Gasteiger partial charge >= 0.3 is 0 Å². The van der Waals surface area contributed by atoms with Gasteiger partial charge in [-0.3, -0.25) is 4.79 Å². The summed E-state index contributed by atoms with van der Waals surface area (Å²) in [5, 5.41) is 29.7. The summed E-state index contributed by atoms with van der Waals surface area (Å²) in [6.07, 6.45) is 2.58. The van der Waals surface area contributed by atoms with Crippen molar-refractivity contribution in [1.29, 1.82) is 0 Å². The summed E-state index contributed by atoms with van der Waals surface area (Å²) in [5.74, 6) is -3.59. The summed E-state index contributed by atoms with van der Waals surface area (Å²) in [4.78, 5) is 11.4. The Hall–Kier alpha value is -1.49. The second-order valence-corrected chi connectivity index (χ2v) is 3.83. The predicted octanol–water partition coefficient (Wildman–Crippen LogP) is 0.0841. The van der Waals surface area contributed by atoms with Gasteiger partial charge in [0.15, 0.2) is 11.4 Å². The molecular weight excluding hydrogens is 208 g/mol. The molecule has 84 valence electrons. The zero-order valence-electron chi connectivity index (χ0n) is 8.50. The lowest BCUT2D eigenvalue weighted by Gasteiger charge is -2.38. The molecule has 1 aliphatic rings. The van der Waals surface area contributed by atoms with Crippen molar-refractivity contribution in [3.63, 3.8) is 0 Å². The van der Waals surface area contributed by atoms with E-state index in [-0.39, 0.29) is 12.0 Å². The van der Waals surface area contributed by atoms with Crippen LogP contribution in [-0.2, 0) is 10.4 Å². The van der Waals surface area contributed by atoms with Crippen LogP contribution in [0.4, 0.5) is 0 Å². The summed E-state index contributed by atoms with van der Waals surface area (Å²) < 4.78 is 0. The molecule has 0 spiro atoms. The van der Waals surface area contributed by atoms with E-state index in [0.29, 0.717) is 0 Å². The van der Waals surface area contributed by atoms with Crippen LogP contribution in [0.5, 0.6) is 0 Å². The van der Waals surface area contributed by atoms with Gasteiger partial charge in [0.2, 0.25) is 0 Å². The molecule has 0 radical (unpaired) electrons. The van der Waals surface area contributed by atoms with Crippen molar-refractivity contribution >= 4 is 5.78 Å². The van der Waals surface area contributed by atoms with E-state index < -0.39 is 17.2 Å². The van der Waals surface area contributed by atoms with Crippen LogP contribution in [0.2, 0.25) is 0 Å². The monoisotopic (exact) mass is 220 g/mol. The fourth-order valence-corrected chi connectivity index (χ4v) is 1.80. The number of hydrogen-bond donors (Lipinski definition) is 3. The molecule has 1 aromatic rings. The van der Waals surface area contributed by atoms with E-state index in [1.165, 1.54) is 24.3 Å². The zero-order chi connectivity index (χ0) is 11.8. The lowest BCUT2D eigenvalue weighted by Crippen LogP contribution is -2.57. The Balaban J connectivity index is 2.56. The molecule has 0 aromatic heterocycles. The summed E-state index contributed by atoms with van der Waals surface area (Å²) in [6, 6.07) is 8.10. The molecule has 1 atom stereocenters. The molecule has 0 heterocycles. The van der Waals surface area contributed by atoms with Gasteiger partial charge in [0, 0.05) is 6.42 Å². The first-order valence-electron chi connectivity index (χ1n) is 4.92. The Labute approximate surface area is 92.5 Å². The molecule has 0 saturated carbocycles. The predicted molar refractivity (Wildman–Crippen MR) is 56.3 cm³/mol. The van der Waals surface area contributed by atoms with Crippen LogP contribution in [0, 0.1) is 0 Å². The van der Waals surface area contributed by atoms with Crippen LogP contribution in [0.25, 0.3) is 0 Å².